The van der Waals surface area contributed by atoms with Crippen molar-refractivity contribution in [2.24, 2.45) is 0 Å². The third-order valence-electron chi connectivity index (χ3n) is 2.67. The average molecular weight is 305 g/mol. The van der Waals surface area contributed by atoms with Gasteiger partial charge in [-0.3, -0.25) is 0 Å². The van der Waals surface area contributed by atoms with Gasteiger partial charge in [0.2, 0.25) is 0 Å². The molecular weight excluding hydrogens is 291 g/mol. The lowest BCUT2D eigenvalue weighted by Crippen LogP contribution is -2.46. The van der Waals surface area contributed by atoms with Crippen molar-refractivity contribution in [3.05, 3.63) is 35.9 Å². The molecule has 0 radical (unpaired) electrons. The van der Waals surface area contributed by atoms with Crippen LogP contribution < -0.4 is 0 Å². The molecule has 0 saturated heterocycles. The first-order valence-corrected chi connectivity index (χ1v) is 6.07. The maximum atomic E-state index is 12.4. The molecule has 0 saturated carbocycles. The maximum Gasteiger partial charge on any atom is 0.490 e. The molecule has 110 valence electrons. The number of carbonyl (C=O) groups is 1. The molecule has 0 N–H and O–H groups in total. The number of thiocarbonyl (C=S) groups is 1. The molecule has 0 fully saturated rings. The third kappa shape index (κ3) is 3.47. The van der Waals surface area contributed by atoms with Crippen molar-refractivity contribution in [2.75, 3.05) is 14.1 Å². The van der Waals surface area contributed by atoms with Gasteiger partial charge in [0.05, 0.1) is 0 Å². The van der Waals surface area contributed by atoms with Crippen LogP contribution in [-0.4, -0.2) is 36.1 Å². The Bertz CT molecular complexity index is 502. The number of alkyl halides is 3. The van der Waals surface area contributed by atoms with Crippen LogP contribution in [0.2, 0.25) is 0 Å². The molecule has 1 aromatic carbocycles. The Kier molecular flexibility index (Phi) is 4.75. The maximum absolute atomic E-state index is 12.4. The van der Waals surface area contributed by atoms with Gasteiger partial charge in [0.1, 0.15) is 4.99 Å². The summed E-state index contributed by atoms with van der Waals surface area (Å²) in [5.41, 5.74) is -1.29. The van der Waals surface area contributed by atoms with Crippen LogP contribution >= 0.6 is 12.2 Å². The predicted molar refractivity (Wildman–Crippen MR) is 72.2 cm³/mol. The molecular formula is C13H14F3NO2S. The number of hydrogen-bond acceptors (Lipinski definition) is 3. The first-order chi connectivity index (χ1) is 9.09. The molecule has 0 spiro atoms. The quantitative estimate of drug-likeness (QED) is 0.634. The lowest BCUT2D eigenvalue weighted by molar-refractivity contribution is -0.208. The fourth-order valence-corrected chi connectivity index (χ4v) is 1.81. The average Bonchev–Trinajstić information content (AvgIpc) is 2.37. The minimum atomic E-state index is -5.07. The number of carbonyl (C=O) groups excluding carboxylic acids is 1. The second-order valence-corrected chi connectivity index (χ2v) is 4.87. The molecule has 1 aromatic rings. The van der Waals surface area contributed by atoms with E-state index in [4.69, 9.17) is 12.2 Å². The third-order valence-corrected chi connectivity index (χ3v) is 3.42. The number of rotatable bonds is 3. The van der Waals surface area contributed by atoms with Crippen LogP contribution in [0.1, 0.15) is 12.5 Å². The molecule has 1 unspecified atom stereocenters. The van der Waals surface area contributed by atoms with Crippen LogP contribution in [0.15, 0.2) is 30.3 Å². The van der Waals surface area contributed by atoms with Crippen LogP contribution in [0.25, 0.3) is 0 Å². The summed E-state index contributed by atoms with van der Waals surface area (Å²) >= 11 is 5.12. The Morgan fingerprint density at radius 2 is 1.70 bits per heavy atom. The van der Waals surface area contributed by atoms with E-state index >= 15 is 0 Å². The molecule has 0 heterocycles. The summed E-state index contributed by atoms with van der Waals surface area (Å²) < 4.78 is 41.9. The van der Waals surface area contributed by atoms with Crippen molar-refractivity contribution in [2.45, 2.75) is 18.7 Å². The minimum Gasteiger partial charge on any atom is -0.440 e. The van der Waals surface area contributed by atoms with Crippen LogP contribution in [0.3, 0.4) is 0 Å². The highest BCUT2D eigenvalue weighted by molar-refractivity contribution is 7.80. The van der Waals surface area contributed by atoms with Crippen molar-refractivity contribution in [3.63, 3.8) is 0 Å². The van der Waals surface area contributed by atoms with E-state index in [-0.39, 0.29) is 4.99 Å². The SMILES string of the molecule is CN(C)C(=S)C(C)(OC(=O)C(F)(F)F)c1ccccc1. The van der Waals surface area contributed by atoms with Crippen molar-refractivity contribution in [1.82, 2.24) is 4.90 Å². The Morgan fingerprint density at radius 3 is 2.10 bits per heavy atom. The van der Waals surface area contributed by atoms with Gasteiger partial charge in [0.15, 0.2) is 5.60 Å². The van der Waals surface area contributed by atoms with Gasteiger partial charge in [0.25, 0.3) is 0 Å². The molecule has 7 heteroatoms. The molecule has 1 atom stereocenters. The number of likely N-dealkylation sites (N-methyl/N-ethyl adjacent to an activating group) is 1. The molecule has 0 aliphatic carbocycles. The Labute approximate surface area is 120 Å². The number of ether oxygens (including phenoxy) is 1. The second-order valence-electron chi connectivity index (χ2n) is 4.49. The predicted octanol–water partition coefficient (Wildman–Crippen LogP) is 2.90. The zero-order valence-electron chi connectivity index (χ0n) is 11.2. The highest BCUT2D eigenvalue weighted by Gasteiger charge is 2.47. The van der Waals surface area contributed by atoms with Crippen molar-refractivity contribution >= 4 is 23.2 Å². The largest absolute Gasteiger partial charge is 0.490 e. The smallest absolute Gasteiger partial charge is 0.440 e. The molecule has 0 aliphatic heterocycles. The van der Waals surface area contributed by atoms with Crippen molar-refractivity contribution in [1.29, 1.82) is 0 Å². The van der Waals surface area contributed by atoms with Gasteiger partial charge in [-0.05, 0) is 6.92 Å². The zero-order valence-corrected chi connectivity index (χ0v) is 12.0. The normalized spacial score (nSPS) is 14.3. The van der Waals surface area contributed by atoms with Crippen LogP contribution in [0.5, 0.6) is 0 Å². The second kappa shape index (κ2) is 5.78. The minimum absolute atomic E-state index is 0.0706. The lowest BCUT2D eigenvalue weighted by Gasteiger charge is -2.34. The molecule has 0 amide bonds. The van der Waals surface area contributed by atoms with Crippen LogP contribution in [-0.2, 0) is 15.1 Å². The van der Waals surface area contributed by atoms with E-state index < -0.39 is 17.7 Å². The topological polar surface area (TPSA) is 29.5 Å². The van der Waals surface area contributed by atoms with Gasteiger partial charge in [-0.1, -0.05) is 42.5 Å². The summed E-state index contributed by atoms with van der Waals surface area (Å²) in [4.78, 5) is 12.7. The summed E-state index contributed by atoms with van der Waals surface area (Å²) in [6, 6.07) is 8.08. The van der Waals surface area contributed by atoms with Gasteiger partial charge in [-0.2, -0.15) is 13.2 Å². The molecule has 20 heavy (non-hydrogen) atoms. The van der Waals surface area contributed by atoms with E-state index in [1.54, 1.807) is 44.4 Å². The van der Waals surface area contributed by atoms with E-state index in [0.29, 0.717) is 5.56 Å². The summed E-state index contributed by atoms with van der Waals surface area (Å²) in [5, 5.41) is 0. The van der Waals surface area contributed by atoms with Gasteiger partial charge >= 0.3 is 12.1 Å². The zero-order chi connectivity index (χ0) is 15.6. The van der Waals surface area contributed by atoms with Crippen LogP contribution in [0.4, 0.5) is 13.2 Å². The van der Waals surface area contributed by atoms with E-state index in [1.165, 1.54) is 11.8 Å². The lowest BCUT2D eigenvalue weighted by atomic mass is 9.95. The highest BCUT2D eigenvalue weighted by atomic mass is 32.1. The summed E-state index contributed by atoms with van der Waals surface area (Å²) in [6.07, 6.45) is -5.07. The van der Waals surface area contributed by atoms with Crippen molar-refractivity contribution in [3.8, 4) is 0 Å². The molecule has 0 aliphatic rings. The van der Waals surface area contributed by atoms with E-state index in [1.807, 2.05) is 0 Å². The number of hydrogen-bond donors (Lipinski definition) is 0. The number of halogens is 3. The van der Waals surface area contributed by atoms with Crippen molar-refractivity contribution < 1.29 is 22.7 Å². The fourth-order valence-electron chi connectivity index (χ4n) is 1.65. The van der Waals surface area contributed by atoms with Gasteiger partial charge in [-0.25, -0.2) is 4.79 Å². The highest BCUT2D eigenvalue weighted by Crippen LogP contribution is 2.31. The van der Waals surface area contributed by atoms with Gasteiger partial charge < -0.3 is 9.64 Å². The molecule has 0 bridgehead atoms. The Balaban J connectivity index is 3.23. The van der Waals surface area contributed by atoms with E-state index in [0.717, 1.165) is 0 Å². The van der Waals surface area contributed by atoms with Gasteiger partial charge in [0, 0.05) is 19.7 Å². The Hall–Kier alpha value is -1.63. The standard InChI is InChI=1S/C13H14F3NO2S/c1-12(10(20)17(2)3,9-7-5-4-6-8-9)19-11(18)13(14,15)16/h4-8H,1-3H3. The number of nitrogens with zero attached hydrogens (tertiary/aromatic N) is 1. The molecule has 1 rings (SSSR count). The summed E-state index contributed by atoms with van der Waals surface area (Å²) in [7, 11) is 3.15. The monoisotopic (exact) mass is 305 g/mol. The van der Waals surface area contributed by atoms with E-state index in [9.17, 15) is 18.0 Å². The summed E-state index contributed by atoms with van der Waals surface area (Å²) in [6.45, 7) is 1.34. The molecule has 3 nitrogen and oxygen atoms in total. The van der Waals surface area contributed by atoms with Gasteiger partial charge in [-0.15, -0.1) is 0 Å². The number of benzene rings is 1. The van der Waals surface area contributed by atoms with E-state index in [2.05, 4.69) is 4.74 Å². The summed E-state index contributed by atoms with van der Waals surface area (Å²) in [5.74, 6) is -2.27. The number of esters is 1. The van der Waals surface area contributed by atoms with Crippen LogP contribution in [0, 0.1) is 0 Å². The Morgan fingerprint density at radius 1 is 1.20 bits per heavy atom. The molecule has 0 aromatic heterocycles. The first-order valence-electron chi connectivity index (χ1n) is 5.66. The first kappa shape index (κ1) is 16.4. The fraction of sp³-hybridized carbons (Fsp3) is 0.385.